The minimum atomic E-state index is -0.710. The van der Waals surface area contributed by atoms with Crippen molar-refractivity contribution in [2.75, 3.05) is 6.61 Å². The molecule has 1 aliphatic heterocycles. The van der Waals surface area contributed by atoms with E-state index in [0.29, 0.717) is 17.9 Å². The van der Waals surface area contributed by atoms with Crippen molar-refractivity contribution in [1.29, 1.82) is 0 Å². The molecule has 1 amide bonds. The van der Waals surface area contributed by atoms with Gasteiger partial charge in [-0.05, 0) is 61.7 Å². The van der Waals surface area contributed by atoms with E-state index in [4.69, 9.17) is 4.74 Å². The Hall–Kier alpha value is -3.93. The quantitative estimate of drug-likeness (QED) is 0.339. The number of aryl methyl sites for hydroxylation is 2. The number of hydrogen-bond donors (Lipinski definition) is 1. The Bertz CT molecular complexity index is 1220. The summed E-state index contributed by atoms with van der Waals surface area (Å²) in [6, 6.07) is 15.8. The summed E-state index contributed by atoms with van der Waals surface area (Å²) in [5.74, 6) is -0.831. The lowest BCUT2D eigenvalue weighted by Crippen LogP contribution is -2.29. The molecule has 2 heterocycles. The Balaban J connectivity index is 1.84. The van der Waals surface area contributed by atoms with Crippen LogP contribution in [0.25, 0.3) is 5.76 Å². The van der Waals surface area contributed by atoms with Crippen molar-refractivity contribution in [2.24, 2.45) is 0 Å². The summed E-state index contributed by atoms with van der Waals surface area (Å²) < 4.78 is 5.59. The van der Waals surface area contributed by atoms with Crippen molar-refractivity contribution < 1.29 is 19.4 Å². The van der Waals surface area contributed by atoms with Crippen LogP contribution in [0.15, 0.2) is 72.6 Å². The molecule has 1 aliphatic rings. The van der Waals surface area contributed by atoms with Gasteiger partial charge in [-0.1, -0.05) is 35.9 Å². The topological polar surface area (TPSA) is 79.7 Å². The van der Waals surface area contributed by atoms with Crippen molar-refractivity contribution in [2.45, 2.75) is 33.4 Å². The van der Waals surface area contributed by atoms with Gasteiger partial charge in [0, 0.05) is 24.5 Å². The number of hydrogen-bond acceptors (Lipinski definition) is 5. The number of nitrogens with zero attached hydrogens (tertiary/aromatic N) is 2. The van der Waals surface area contributed by atoms with Gasteiger partial charge in [-0.3, -0.25) is 14.6 Å². The number of ether oxygens (including phenoxy) is 1. The van der Waals surface area contributed by atoms with Gasteiger partial charge in [-0.25, -0.2) is 0 Å². The summed E-state index contributed by atoms with van der Waals surface area (Å²) in [7, 11) is 0. The minimum absolute atomic E-state index is 0.0799. The molecule has 6 heteroatoms. The molecule has 0 aliphatic carbocycles. The van der Waals surface area contributed by atoms with Crippen molar-refractivity contribution >= 4 is 17.4 Å². The standard InChI is InChI=1S/C27H26N2O4/c1-4-33-22-12-11-21(14-18(22)3)25(30)23-24(20-9-7-17(2)8-10-20)29(27(32)26(23)31)16-19-6-5-13-28-15-19/h5-15,24,30H,4,16H2,1-3H3. The average Bonchev–Trinajstić information content (AvgIpc) is 3.06. The number of aromatic nitrogens is 1. The third-order valence-corrected chi connectivity index (χ3v) is 5.76. The van der Waals surface area contributed by atoms with E-state index < -0.39 is 17.7 Å². The van der Waals surface area contributed by atoms with E-state index in [2.05, 4.69) is 4.98 Å². The maximum Gasteiger partial charge on any atom is 0.295 e. The summed E-state index contributed by atoms with van der Waals surface area (Å²) in [5.41, 5.74) is 3.99. The molecule has 1 atom stereocenters. The second-order valence-corrected chi connectivity index (χ2v) is 8.11. The van der Waals surface area contributed by atoms with E-state index in [9.17, 15) is 14.7 Å². The van der Waals surface area contributed by atoms with E-state index in [1.807, 2.05) is 51.1 Å². The van der Waals surface area contributed by atoms with Crippen LogP contribution < -0.4 is 4.74 Å². The van der Waals surface area contributed by atoms with Gasteiger partial charge in [0.2, 0.25) is 0 Å². The van der Waals surface area contributed by atoms with Crippen LogP contribution in [-0.2, 0) is 16.1 Å². The first-order valence-corrected chi connectivity index (χ1v) is 10.9. The number of aliphatic hydroxyl groups excluding tert-OH is 1. The first kappa shape index (κ1) is 22.3. The largest absolute Gasteiger partial charge is 0.507 e. The van der Waals surface area contributed by atoms with Crippen LogP contribution in [-0.4, -0.2) is 33.3 Å². The second-order valence-electron chi connectivity index (χ2n) is 8.11. The molecule has 0 saturated carbocycles. The van der Waals surface area contributed by atoms with Crippen LogP contribution in [0.5, 0.6) is 5.75 Å². The molecule has 4 rings (SSSR count). The minimum Gasteiger partial charge on any atom is -0.507 e. The lowest BCUT2D eigenvalue weighted by molar-refractivity contribution is -0.140. The predicted molar refractivity (Wildman–Crippen MR) is 126 cm³/mol. The first-order chi connectivity index (χ1) is 15.9. The molecule has 168 valence electrons. The van der Waals surface area contributed by atoms with Crippen molar-refractivity contribution in [1.82, 2.24) is 9.88 Å². The lowest BCUT2D eigenvalue weighted by atomic mass is 9.94. The van der Waals surface area contributed by atoms with E-state index >= 15 is 0 Å². The van der Waals surface area contributed by atoms with Crippen LogP contribution in [0.1, 0.15) is 40.8 Å². The molecule has 3 aromatic rings. The molecule has 0 radical (unpaired) electrons. The van der Waals surface area contributed by atoms with Crippen LogP contribution >= 0.6 is 0 Å². The molecule has 1 aromatic heterocycles. The summed E-state index contributed by atoms with van der Waals surface area (Å²) >= 11 is 0. The summed E-state index contributed by atoms with van der Waals surface area (Å²) in [4.78, 5) is 31.9. The van der Waals surface area contributed by atoms with Crippen LogP contribution in [0.3, 0.4) is 0 Å². The molecule has 2 aromatic carbocycles. The number of rotatable bonds is 6. The van der Waals surface area contributed by atoms with E-state index in [0.717, 1.165) is 22.3 Å². The van der Waals surface area contributed by atoms with Crippen LogP contribution in [0, 0.1) is 13.8 Å². The van der Waals surface area contributed by atoms with E-state index in [1.165, 1.54) is 4.90 Å². The van der Waals surface area contributed by atoms with Gasteiger partial charge in [0.25, 0.3) is 11.7 Å². The van der Waals surface area contributed by atoms with Gasteiger partial charge < -0.3 is 14.7 Å². The Morgan fingerprint density at radius 3 is 2.48 bits per heavy atom. The fraction of sp³-hybridized carbons (Fsp3) is 0.222. The number of likely N-dealkylation sites (tertiary alicyclic amines) is 1. The van der Waals surface area contributed by atoms with Crippen molar-refractivity contribution in [3.05, 3.63) is 100 Å². The zero-order valence-electron chi connectivity index (χ0n) is 18.9. The number of aliphatic hydroxyl groups is 1. The molecule has 0 spiro atoms. The highest BCUT2D eigenvalue weighted by atomic mass is 16.5. The summed E-state index contributed by atoms with van der Waals surface area (Å²) in [6.45, 7) is 6.48. The fourth-order valence-electron chi connectivity index (χ4n) is 4.10. The van der Waals surface area contributed by atoms with Crippen molar-refractivity contribution in [3.63, 3.8) is 0 Å². The molecular formula is C27H26N2O4. The Kier molecular flexibility index (Phi) is 6.27. The van der Waals surface area contributed by atoms with Gasteiger partial charge in [0.05, 0.1) is 18.2 Å². The van der Waals surface area contributed by atoms with E-state index in [1.54, 1.807) is 36.7 Å². The smallest absolute Gasteiger partial charge is 0.295 e. The molecule has 0 bridgehead atoms. The molecule has 1 N–H and O–H groups in total. The number of carbonyl (C=O) groups is 2. The number of ketones is 1. The molecule has 1 saturated heterocycles. The van der Waals surface area contributed by atoms with Crippen molar-refractivity contribution in [3.8, 4) is 5.75 Å². The highest BCUT2D eigenvalue weighted by Gasteiger charge is 2.46. The number of Topliss-reactive ketones (excluding diaryl/α,β-unsaturated/α-hetero) is 1. The number of benzene rings is 2. The fourth-order valence-corrected chi connectivity index (χ4v) is 4.10. The normalized spacial score (nSPS) is 17.4. The molecule has 6 nitrogen and oxygen atoms in total. The van der Waals surface area contributed by atoms with E-state index in [-0.39, 0.29) is 17.9 Å². The monoisotopic (exact) mass is 442 g/mol. The highest BCUT2D eigenvalue weighted by molar-refractivity contribution is 6.46. The van der Waals surface area contributed by atoms with Crippen LogP contribution in [0.4, 0.5) is 0 Å². The van der Waals surface area contributed by atoms with Gasteiger partial charge >= 0.3 is 0 Å². The van der Waals surface area contributed by atoms with Gasteiger partial charge in [-0.15, -0.1) is 0 Å². The maximum atomic E-state index is 13.2. The van der Waals surface area contributed by atoms with Crippen LogP contribution in [0.2, 0.25) is 0 Å². The average molecular weight is 443 g/mol. The maximum absolute atomic E-state index is 13.2. The first-order valence-electron chi connectivity index (χ1n) is 10.9. The van der Waals surface area contributed by atoms with Gasteiger partial charge in [0.1, 0.15) is 11.5 Å². The molecular weight excluding hydrogens is 416 g/mol. The summed E-state index contributed by atoms with van der Waals surface area (Å²) in [5, 5.41) is 11.3. The van der Waals surface area contributed by atoms with Gasteiger partial charge in [-0.2, -0.15) is 0 Å². The number of pyridine rings is 1. The zero-order chi connectivity index (χ0) is 23.5. The lowest BCUT2D eigenvalue weighted by Gasteiger charge is -2.25. The van der Waals surface area contributed by atoms with Gasteiger partial charge in [0.15, 0.2) is 0 Å². The molecule has 1 unspecified atom stereocenters. The number of amides is 1. The second kappa shape index (κ2) is 9.28. The highest BCUT2D eigenvalue weighted by Crippen LogP contribution is 2.40. The predicted octanol–water partition coefficient (Wildman–Crippen LogP) is 4.72. The molecule has 33 heavy (non-hydrogen) atoms. The summed E-state index contributed by atoms with van der Waals surface area (Å²) in [6.07, 6.45) is 3.32. The number of carbonyl (C=O) groups excluding carboxylic acids is 2. The Morgan fingerprint density at radius 1 is 1.09 bits per heavy atom. The zero-order valence-corrected chi connectivity index (χ0v) is 18.9. The third kappa shape index (κ3) is 4.37. The SMILES string of the molecule is CCOc1ccc(C(O)=C2C(=O)C(=O)N(Cc3cccnc3)C2c2ccc(C)cc2)cc1C. The molecule has 1 fully saturated rings. The Labute approximate surface area is 193 Å². The third-order valence-electron chi connectivity index (χ3n) is 5.76. The Morgan fingerprint density at radius 2 is 1.85 bits per heavy atom.